The van der Waals surface area contributed by atoms with E-state index in [4.69, 9.17) is 4.74 Å². The molecule has 1 heterocycles. The highest BCUT2D eigenvalue weighted by Gasteiger charge is 2.36. The number of rotatable bonds is 6. The monoisotopic (exact) mass is 225 g/mol. The average molecular weight is 225 g/mol. The van der Waals surface area contributed by atoms with E-state index < -0.39 is 0 Å². The molecule has 2 atom stereocenters. The number of hydrogen-bond acceptors (Lipinski definition) is 5. The number of likely N-dealkylation sites (N-methyl/N-ethyl adjacent to an activating group) is 1. The maximum absolute atomic E-state index is 5.56. The smallest absolute Gasteiger partial charge is 0.176 e. The van der Waals surface area contributed by atoms with Crippen molar-refractivity contribution in [3.05, 3.63) is 5.82 Å². The average Bonchev–Trinajstić information content (AvgIpc) is 3.02. The van der Waals surface area contributed by atoms with Crippen molar-refractivity contribution in [1.29, 1.82) is 0 Å². The Labute approximate surface area is 95.4 Å². The third-order valence-electron chi connectivity index (χ3n) is 3.08. The SMILES string of the molecule is CNC(Cc1nnn(C)n1)C(OC)C1CC1. The van der Waals surface area contributed by atoms with Crippen LogP contribution in [0, 0.1) is 5.92 Å². The molecule has 0 radical (unpaired) electrons. The first-order valence-corrected chi connectivity index (χ1v) is 5.67. The van der Waals surface area contributed by atoms with E-state index in [0.29, 0.717) is 5.92 Å². The fourth-order valence-corrected chi connectivity index (χ4v) is 2.09. The minimum atomic E-state index is 0.258. The Morgan fingerprint density at radius 1 is 1.56 bits per heavy atom. The second-order valence-electron chi connectivity index (χ2n) is 4.33. The summed E-state index contributed by atoms with van der Waals surface area (Å²) in [7, 11) is 5.51. The quantitative estimate of drug-likeness (QED) is 0.724. The topological polar surface area (TPSA) is 64.9 Å². The van der Waals surface area contributed by atoms with Gasteiger partial charge in [0, 0.05) is 19.6 Å². The maximum Gasteiger partial charge on any atom is 0.176 e. The zero-order valence-electron chi connectivity index (χ0n) is 10.1. The van der Waals surface area contributed by atoms with Crippen LogP contribution in [0.2, 0.25) is 0 Å². The molecule has 0 aliphatic heterocycles. The van der Waals surface area contributed by atoms with Gasteiger partial charge in [0.05, 0.1) is 13.2 Å². The summed E-state index contributed by atoms with van der Waals surface area (Å²) < 4.78 is 5.56. The first-order chi connectivity index (χ1) is 7.74. The van der Waals surface area contributed by atoms with E-state index in [9.17, 15) is 0 Å². The standard InChI is InChI=1S/C10H19N5O/c1-11-8(10(16-3)7-4-5-7)6-9-12-14-15(2)13-9/h7-8,10-11H,4-6H2,1-3H3. The fraction of sp³-hybridized carbons (Fsp3) is 0.900. The Bertz CT molecular complexity index is 336. The Balaban J connectivity index is 1.98. The summed E-state index contributed by atoms with van der Waals surface area (Å²) in [6.45, 7) is 0. The number of ether oxygens (including phenoxy) is 1. The van der Waals surface area contributed by atoms with Crippen LogP contribution >= 0.6 is 0 Å². The van der Waals surface area contributed by atoms with Gasteiger partial charge in [-0.2, -0.15) is 4.80 Å². The molecule has 1 aromatic heterocycles. The van der Waals surface area contributed by atoms with E-state index in [1.165, 1.54) is 17.6 Å². The summed E-state index contributed by atoms with van der Waals surface area (Å²) in [5.74, 6) is 1.46. The Hall–Kier alpha value is -1.01. The fourth-order valence-electron chi connectivity index (χ4n) is 2.09. The molecule has 1 saturated carbocycles. The Morgan fingerprint density at radius 2 is 2.31 bits per heavy atom. The van der Waals surface area contributed by atoms with Crippen LogP contribution in [-0.2, 0) is 18.2 Å². The number of aryl methyl sites for hydroxylation is 1. The molecule has 6 heteroatoms. The molecular formula is C10H19N5O. The molecule has 0 saturated heterocycles. The molecule has 1 aliphatic carbocycles. The van der Waals surface area contributed by atoms with E-state index >= 15 is 0 Å². The van der Waals surface area contributed by atoms with Crippen molar-refractivity contribution >= 4 is 0 Å². The third kappa shape index (κ3) is 2.56. The first kappa shape index (κ1) is 11.5. The van der Waals surface area contributed by atoms with Crippen molar-refractivity contribution in [2.24, 2.45) is 13.0 Å². The number of tetrazole rings is 1. The van der Waals surface area contributed by atoms with E-state index in [-0.39, 0.29) is 12.1 Å². The van der Waals surface area contributed by atoms with Crippen molar-refractivity contribution in [3.8, 4) is 0 Å². The maximum atomic E-state index is 5.56. The van der Waals surface area contributed by atoms with Gasteiger partial charge in [-0.25, -0.2) is 0 Å². The molecule has 6 nitrogen and oxygen atoms in total. The molecule has 1 aromatic rings. The lowest BCUT2D eigenvalue weighted by molar-refractivity contribution is 0.0528. The van der Waals surface area contributed by atoms with Gasteiger partial charge in [-0.3, -0.25) is 0 Å². The lowest BCUT2D eigenvalue weighted by Gasteiger charge is -2.24. The van der Waals surface area contributed by atoms with Crippen molar-refractivity contribution in [2.45, 2.75) is 31.4 Å². The number of aromatic nitrogens is 4. The highest BCUT2D eigenvalue weighted by molar-refractivity contribution is 4.94. The van der Waals surface area contributed by atoms with E-state index in [1.807, 2.05) is 7.05 Å². The minimum Gasteiger partial charge on any atom is -0.380 e. The molecular weight excluding hydrogens is 206 g/mol. The second-order valence-corrected chi connectivity index (χ2v) is 4.33. The Kier molecular flexibility index (Phi) is 3.50. The van der Waals surface area contributed by atoms with Gasteiger partial charge in [0.2, 0.25) is 0 Å². The lowest BCUT2D eigenvalue weighted by atomic mass is 10.0. The molecule has 16 heavy (non-hydrogen) atoms. The van der Waals surface area contributed by atoms with Gasteiger partial charge in [-0.05, 0) is 31.0 Å². The molecule has 2 rings (SSSR count). The minimum absolute atomic E-state index is 0.258. The number of nitrogens with zero attached hydrogens (tertiary/aromatic N) is 4. The van der Waals surface area contributed by atoms with Crippen LogP contribution in [0.1, 0.15) is 18.7 Å². The Morgan fingerprint density at radius 3 is 2.75 bits per heavy atom. The van der Waals surface area contributed by atoms with Gasteiger partial charge >= 0.3 is 0 Å². The van der Waals surface area contributed by atoms with Crippen LogP contribution in [0.5, 0.6) is 0 Å². The summed E-state index contributed by atoms with van der Waals surface area (Å²) in [6.07, 6.45) is 3.56. The van der Waals surface area contributed by atoms with E-state index in [1.54, 1.807) is 14.2 Å². The van der Waals surface area contributed by atoms with Gasteiger partial charge in [0.1, 0.15) is 0 Å². The van der Waals surface area contributed by atoms with Crippen LogP contribution < -0.4 is 5.32 Å². The van der Waals surface area contributed by atoms with E-state index in [2.05, 4.69) is 20.7 Å². The van der Waals surface area contributed by atoms with Crippen molar-refractivity contribution in [3.63, 3.8) is 0 Å². The number of nitrogens with one attached hydrogen (secondary N) is 1. The predicted molar refractivity (Wildman–Crippen MR) is 58.9 cm³/mol. The normalized spacial score (nSPS) is 19.7. The van der Waals surface area contributed by atoms with Crippen LogP contribution in [0.15, 0.2) is 0 Å². The molecule has 1 N–H and O–H groups in total. The van der Waals surface area contributed by atoms with Crippen molar-refractivity contribution in [1.82, 2.24) is 25.5 Å². The second kappa shape index (κ2) is 4.88. The van der Waals surface area contributed by atoms with Gasteiger partial charge in [0.25, 0.3) is 0 Å². The molecule has 1 aliphatic rings. The molecule has 0 spiro atoms. The largest absolute Gasteiger partial charge is 0.380 e. The van der Waals surface area contributed by atoms with E-state index in [0.717, 1.165) is 12.2 Å². The molecule has 0 aromatic carbocycles. The van der Waals surface area contributed by atoms with Crippen LogP contribution in [0.4, 0.5) is 0 Å². The van der Waals surface area contributed by atoms with Crippen LogP contribution in [-0.4, -0.2) is 46.5 Å². The molecule has 90 valence electrons. The zero-order valence-corrected chi connectivity index (χ0v) is 10.1. The van der Waals surface area contributed by atoms with Gasteiger partial charge < -0.3 is 10.1 Å². The summed E-state index contributed by atoms with van der Waals surface area (Å²) >= 11 is 0. The summed E-state index contributed by atoms with van der Waals surface area (Å²) in [4.78, 5) is 1.49. The predicted octanol–water partition coefficient (Wildman–Crippen LogP) is -0.234. The van der Waals surface area contributed by atoms with Gasteiger partial charge in [0.15, 0.2) is 5.82 Å². The summed E-state index contributed by atoms with van der Waals surface area (Å²) in [5, 5.41) is 15.3. The summed E-state index contributed by atoms with van der Waals surface area (Å²) in [6, 6.07) is 0.265. The van der Waals surface area contributed by atoms with Crippen LogP contribution in [0.25, 0.3) is 0 Å². The number of hydrogen-bond donors (Lipinski definition) is 1. The lowest BCUT2D eigenvalue weighted by Crippen LogP contribution is -2.42. The zero-order chi connectivity index (χ0) is 11.5. The van der Waals surface area contributed by atoms with Gasteiger partial charge in [-0.1, -0.05) is 0 Å². The molecule has 0 bridgehead atoms. The number of methoxy groups -OCH3 is 1. The van der Waals surface area contributed by atoms with Gasteiger partial charge in [-0.15, -0.1) is 10.2 Å². The molecule has 2 unspecified atom stereocenters. The van der Waals surface area contributed by atoms with Crippen molar-refractivity contribution < 1.29 is 4.74 Å². The highest BCUT2D eigenvalue weighted by atomic mass is 16.5. The highest BCUT2D eigenvalue weighted by Crippen LogP contribution is 2.35. The summed E-state index contributed by atoms with van der Waals surface area (Å²) in [5.41, 5.74) is 0. The molecule has 1 fully saturated rings. The third-order valence-corrected chi connectivity index (χ3v) is 3.08. The molecule has 0 amide bonds. The first-order valence-electron chi connectivity index (χ1n) is 5.67. The van der Waals surface area contributed by atoms with Crippen LogP contribution in [0.3, 0.4) is 0 Å². The van der Waals surface area contributed by atoms with Crippen molar-refractivity contribution in [2.75, 3.05) is 14.2 Å².